The summed E-state index contributed by atoms with van der Waals surface area (Å²) in [6.45, 7) is 5.32. The van der Waals surface area contributed by atoms with E-state index in [9.17, 15) is 0 Å². The summed E-state index contributed by atoms with van der Waals surface area (Å²) in [7, 11) is 0. The molecule has 0 fully saturated rings. The molecule has 4 heteroatoms. The third kappa shape index (κ3) is 4.47. The molecule has 2 nitrogen and oxygen atoms in total. The maximum Gasteiger partial charge on any atom is 0.146 e. The molecule has 21 heavy (non-hydrogen) atoms. The highest BCUT2D eigenvalue weighted by Gasteiger charge is 2.10. The van der Waals surface area contributed by atoms with E-state index >= 15 is 0 Å². The fourth-order valence-electron chi connectivity index (χ4n) is 2.05. The predicted molar refractivity (Wildman–Crippen MR) is 92.4 cm³/mol. The highest BCUT2D eigenvalue weighted by atomic mass is 79.9. The van der Waals surface area contributed by atoms with Crippen LogP contribution in [-0.2, 0) is 0 Å². The Bertz CT molecular complexity index is 603. The first-order valence-corrected chi connectivity index (χ1v) is 8.24. The largest absolute Gasteiger partial charge is 0.456 e. The molecule has 0 heterocycles. The van der Waals surface area contributed by atoms with Crippen LogP contribution in [0.1, 0.15) is 31.9 Å². The quantitative estimate of drug-likeness (QED) is 0.679. The van der Waals surface area contributed by atoms with Gasteiger partial charge in [-0.3, -0.25) is 0 Å². The molecule has 2 rings (SSSR count). The first kappa shape index (κ1) is 16.3. The van der Waals surface area contributed by atoms with Crippen molar-refractivity contribution in [3.8, 4) is 11.5 Å². The van der Waals surface area contributed by atoms with E-state index in [-0.39, 0.29) is 0 Å². The Morgan fingerprint density at radius 3 is 2.67 bits per heavy atom. The summed E-state index contributed by atoms with van der Waals surface area (Å²) in [5.41, 5.74) is 1.22. The van der Waals surface area contributed by atoms with E-state index in [0.29, 0.717) is 16.8 Å². The molecular weight excluding hydrogens is 350 g/mol. The second kappa shape index (κ2) is 7.83. The zero-order valence-corrected chi connectivity index (χ0v) is 14.5. The molecule has 0 bridgehead atoms. The Morgan fingerprint density at radius 2 is 2.00 bits per heavy atom. The topological polar surface area (TPSA) is 21.3 Å². The smallest absolute Gasteiger partial charge is 0.146 e. The molecule has 0 aliphatic heterocycles. The van der Waals surface area contributed by atoms with Crippen LogP contribution in [0.5, 0.6) is 11.5 Å². The van der Waals surface area contributed by atoms with Gasteiger partial charge in [-0.1, -0.05) is 52.7 Å². The van der Waals surface area contributed by atoms with Gasteiger partial charge in [-0.15, -0.1) is 0 Å². The van der Waals surface area contributed by atoms with Gasteiger partial charge in [0.25, 0.3) is 0 Å². The van der Waals surface area contributed by atoms with Crippen LogP contribution in [0.3, 0.4) is 0 Å². The molecule has 0 spiro atoms. The summed E-state index contributed by atoms with van der Waals surface area (Å²) in [6, 6.07) is 13.8. The van der Waals surface area contributed by atoms with Crippen molar-refractivity contribution in [2.75, 3.05) is 6.54 Å². The Balaban J connectivity index is 2.14. The molecule has 0 aliphatic carbocycles. The van der Waals surface area contributed by atoms with Crippen molar-refractivity contribution in [3.63, 3.8) is 0 Å². The molecule has 2 aromatic carbocycles. The summed E-state index contributed by atoms with van der Waals surface area (Å²) in [4.78, 5) is 0. The molecule has 0 amide bonds. The lowest BCUT2D eigenvalue weighted by molar-refractivity contribution is 0.481. The lowest BCUT2D eigenvalue weighted by atomic mass is 10.1. The first-order valence-electron chi connectivity index (χ1n) is 7.07. The molecule has 2 aromatic rings. The van der Waals surface area contributed by atoms with Gasteiger partial charge in [0, 0.05) is 10.5 Å². The van der Waals surface area contributed by atoms with Crippen molar-refractivity contribution in [2.45, 2.75) is 26.3 Å². The van der Waals surface area contributed by atoms with Gasteiger partial charge in [0.1, 0.15) is 11.5 Å². The van der Waals surface area contributed by atoms with Gasteiger partial charge in [-0.25, -0.2) is 0 Å². The van der Waals surface area contributed by atoms with E-state index in [1.807, 2.05) is 36.4 Å². The Morgan fingerprint density at radius 1 is 1.24 bits per heavy atom. The summed E-state index contributed by atoms with van der Waals surface area (Å²) < 4.78 is 6.85. The summed E-state index contributed by atoms with van der Waals surface area (Å²) in [5.74, 6) is 1.43. The van der Waals surface area contributed by atoms with Crippen LogP contribution < -0.4 is 10.1 Å². The predicted octanol–water partition coefficient (Wildman–Crippen LogP) is 5.96. The zero-order chi connectivity index (χ0) is 15.2. The average Bonchev–Trinajstić information content (AvgIpc) is 2.47. The maximum absolute atomic E-state index is 6.11. The van der Waals surface area contributed by atoms with Crippen LogP contribution >= 0.6 is 27.5 Å². The van der Waals surface area contributed by atoms with Gasteiger partial charge in [-0.05, 0) is 49.7 Å². The number of nitrogens with one attached hydrogen (secondary N) is 1. The van der Waals surface area contributed by atoms with Gasteiger partial charge < -0.3 is 10.1 Å². The molecule has 0 saturated carbocycles. The number of halogens is 2. The highest BCUT2D eigenvalue weighted by molar-refractivity contribution is 9.10. The van der Waals surface area contributed by atoms with Crippen molar-refractivity contribution >= 4 is 27.5 Å². The number of benzene rings is 2. The molecule has 112 valence electrons. The van der Waals surface area contributed by atoms with Crippen LogP contribution in [0.15, 0.2) is 46.9 Å². The summed E-state index contributed by atoms with van der Waals surface area (Å²) in [6.07, 6.45) is 1.12. The Kier molecular flexibility index (Phi) is 6.09. The van der Waals surface area contributed by atoms with Crippen LogP contribution in [0.25, 0.3) is 0 Å². The van der Waals surface area contributed by atoms with Crippen molar-refractivity contribution in [1.29, 1.82) is 0 Å². The lowest BCUT2D eigenvalue weighted by Crippen LogP contribution is -2.19. The van der Waals surface area contributed by atoms with E-state index in [1.54, 1.807) is 0 Å². The first-order chi connectivity index (χ1) is 10.1. The van der Waals surface area contributed by atoms with Crippen molar-refractivity contribution in [1.82, 2.24) is 5.32 Å². The van der Waals surface area contributed by atoms with Crippen LogP contribution in [-0.4, -0.2) is 6.54 Å². The molecule has 0 aromatic heterocycles. The second-order valence-electron chi connectivity index (χ2n) is 4.89. The normalized spacial score (nSPS) is 12.2. The molecule has 1 unspecified atom stereocenters. The van der Waals surface area contributed by atoms with Gasteiger partial charge >= 0.3 is 0 Å². The van der Waals surface area contributed by atoms with Crippen molar-refractivity contribution in [3.05, 3.63) is 57.5 Å². The van der Waals surface area contributed by atoms with Gasteiger partial charge in [0.2, 0.25) is 0 Å². The number of hydrogen-bond donors (Lipinski definition) is 1. The van der Waals surface area contributed by atoms with E-state index in [0.717, 1.165) is 23.2 Å². The van der Waals surface area contributed by atoms with Crippen molar-refractivity contribution < 1.29 is 4.74 Å². The minimum absolute atomic E-state index is 0.300. The number of ether oxygens (including phenoxy) is 1. The van der Waals surface area contributed by atoms with Gasteiger partial charge in [0.15, 0.2) is 0 Å². The third-order valence-corrected chi connectivity index (χ3v) is 4.20. The third-order valence-electron chi connectivity index (χ3n) is 3.20. The molecule has 0 saturated heterocycles. The SMILES string of the molecule is CCCNC(C)c1ccc(Oc2ccccc2Cl)cc1Br. The van der Waals surface area contributed by atoms with Crippen LogP contribution in [0.2, 0.25) is 5.02 Å². The fraction of sp³-hybridized carbons (Fsp3) is 0.294. The molecule has 1 atom stereocenters. The monoisotopic (exact) mass is 367 g/mol. The maximum atomic E-state index is 6.11. The number of para-hydroxylation sites is 1. The van der Waals surface area contributed by atoms with Crippen molar-refractivity contribution in [2.24, 2.45) is 0 Å². The molecular formula is C17H19BrClNO. The van der Waals surface area contributed by atoms with Gasteiger partial charge in [-0.2, -0.15) is 0 Å². The lowest BCUT2D eigenvalue weighted by Gasteiger charge is -2.16. The molecule has 0 aliphatic rings. The zero-order valence-electron chi connectivity index (χ0n) is 12.2. The van der Waals surface area contributed by atoms with E-state index in [4.69, 9.17) is 16.3 Å². The minimum atomic E-state index is 0.300. The standard InChI is InChI=1S/C17H19BrClNO/c1-3-10-20-12(2)14-9-8-13(11-15(14)18)21-17-7-5-4-6-16(17)19/h4-9,11-12,20H,3,10H2,1-2H3. The van der Waals surface area contributed by atoms with Gasteiger partial charge in [0.05, 0.1) is 5.02 Å². The Hall–Kier alpha value is -1.03. The fourth-order valence-corrected chi connectivity index (χ4v) is 2.92. The Labute approximate surface area is 139 Å². The van der Waals surface area contributed by atoms with E-state index in [2.05, 4.69) is 41.2 Å². The van der Waals surface area contributed by atoms with E-state index < -0.39 is 0 Å². The minimum Gasteiger partial charge on any atom is -0.456 e. The van der Waals surface area contributed by atoms with Crippen LogP contribution in [0.4, 0.5) is 0 Å². The highest BCUT2D eigenvalue weighted by Crippen LogP contribution is 2.32. The number of hydrogen-bond acceptors (Lipinski definition) is 2. The second-order valence-corrected chi connectivity index (χ2v) is 6.15. The number of rotatable bonds is 6. The molecule has 0 radical (unpaired) electrons. The summed E-state index contributed by atoms with van der Waals surface area (Å²) >= 11 is 9.72. The van der Waals surface area contributed by atoms with E-state index in [1.165, 1.54) is 5.56 Å². The van der Waals surface area contributed by atoms with Crippen LogP contribution in [0, 0.1) is 0 Å². The summed E-state index contributed by atoms with van der Waals surface area (Å²) in [5, 5.41) is 4.08. The average molecular weight is 369 g/mol. The molecule has 1 N–H and O–H groups in total.